The molecule has 0 saturated carbocycles. The van der Waals surface area contributed by atoms with Gasteiger partial charge in [0, 0.05) is 18.4 Å². The first-order chi connectivity index (χ1) is 7.61. The van der Waals surface area contributed by atoms with Crippen LogP contribution in [0.5, 0.6) is 0 Å². The smallest absolute Gasteiger partial charge is 0.255 e. The number of hydrogen-bond acceptors (Lipinski definition) is 1. The second kappa shape index (κ2) is 6.48. The molecule has 0 aromatic heterocycles. The lowest BCUT2D eigenvalue weighted by Crippen LogP contribution is -2.32. The van der Waals surface area contributed by atoms with Gasteiger partial charge in [0.1, 0.15) is 0 Å². The van der Waals surface area contributed by atoms with Gasteiger partial charge in [-0.25, -0.2) is 0 Å². The average molecular weight is 325 g/mol. The second-order valence-electron chi connectivity index (χ2n) is 3.18. The van der Waals surface area contributed by atoms with Crippen LogP contribution in [0.3, 0.4) is 0 Å². The number of amides is 1. The Kier molecular flexibility index (Phi) is 5.59. The van der Waals surface area contributed by atoms with E-state index in [9.17, 15) is 4.79 Å². The zero-order valence-electron chi connectivity index (χ0n) is 8.84. The zero-order valence-corrected chi connectivity index (χ0v) is 11.9. The second-order valence-corrected chi connectivity index (χ2v) is 4.75. The molecule has 0 radical (unpaired) electrons. The molecule has 2 nitrogen and oxygen atoms in total. The van der Waals surface area contributed by atoms with Gasteiger partial charge in [-0.05, 0) is 19.1 Å². The van der Waals surface area contributed by atoms with E-state index in [1.54, 1.807) is 23.1 Å². The van der Waals surface area contributed by atoms with Crippen LogP contribution in [0, 0.1) is 0 Å². The summed E-state index contributed by atoms with van der Waals surface area (Å²) in [7, 11) is 0. The summed E-state index contributed by atoms with van der Waals surface area (Å²) in [6.07, 6.45) is 0. The number of benzene rings is 1. The van der Waals surface area contributed by atoms with Crippen LogP contribution in [0.15, 0.2) is 18.2 Å². The Morgan fingerprint density at radius 2 is 2.12 bits per heavy atom. The quantitative estimate of drug-likeness (QED) is 0.770. The lowest BCUT2D eigenvalue weighted by Gasteiger charge is -2.20. The van der Waals surface area contributed by atoms with E-state index in [-0.39, 0.29) is 5.91 Å². The first-order valence-electron chi connectivity index (χ1n) is 4.91. The summed E-state index contributed by atoms with van der Waals surface area (Å²) in [5, 5.41) is 1.47. The van der Waals surface area contributed by atoms with Gasteiger partial charge < -0.3 is 4.90 Å². The molecule has 0 fully saturated rings. The lowest BCUT2D eigenvalue weighted by molar-refractivity contribution is 0.0775. The van der Waals surface area contributed by atoms with E-state index >= 15 is 0 Å². The highest BCUT2D eigenvalue weighted by atomic mass is 79.9. The highest BCUT2D eigenvalue weighted by Crippen LogP contribution is 2.26. The van der Waals surface area contributed by atoms with Crippen LogP contribution in [-0.2, 0) is 0 Å². The molecule has 0 N–H and O–H groups in total. The number of carbonyl (C=O) groups is 1. The third-order valence-corrected chi connectivity index (χ3v) is 3.38. The normalized spacial score (nSPS) is 10.2. The van der Waals surface area contributed by atoms with Crippen LogP contribution >= 0.6 is 39.1 Å². The highest BCUT2D eigenvalue weighted by molar-refractivity contribution is 9.09. The van der Waals surface area contributed by atoms with Gasteiger partial charge in [0.25, 0.3) is 5.91 Å². The minimum Gasteiger partial charge on any atom is -0.338 e. The van der Waals surface area contributed by atoms with Gasteiger partial charge in [0.05, 0.1) is 15.6 Å². The van der Waals surface area contributed by atoms with Crippen LogP contribution in [0.1, 0.15) is 17.3 Å². The highest BCUT2D eigenvalue weighted by Gasteiger charge is 2.17. The van der Waals surface area contributed by atoms with E-state index < -0.39 is 0 Å². The maximum Gasteiger partial charge on any atom is 0.255 e. The Morgan fingerprint density at radius 3 is 2.69 bits per heavy atom. The molecule has 0 atom stereocenters. The number of alkyl halides is 1. The summed E-state index contributed by atoms with van der Waals surface area (Å²) in [5.41, 5.74) is 0.456. The monoisotopic (exact) mass is 323 g/mol. The maximum absolute atomic E-state index is 12.1. The molecular formula is C11H12BrCl2NO. The van der Waals surface area contributed by atoms with Crippen LogP contribution in [0.4, 0.5) is 0 Å². The minimum absolute atomic E-state index is 0.0885. The predicted molar refractivity (Wildman–Crippen MR) is 71.8 cm³/mol. The molecule has 0 aliphatic carbocycles. The third-order valence-electron chi connectivity index (χ3n) is 2.21. The van der Waals surface area contributed by atoms with Gasteiger partial charge in [-0.2, -0.15) is 0 Å². The fourth-order valence-electron chi connectivity index (χ4n) is 1.34. The van der Waals surface area contributed by atoms with Crippen LogP contribution in [-0.4, -0.2) is 29.2 Å². The summed E-state index contributed by atoms with van der Waals surface area (Å²) in [4.78, 5) is 13.8. The fraction of sp³-hybridized carbons (Fsp3) is 0.364. The minimum atomic E-state index is -0.0885. The van der Waals surface area contributed by atoms with Crippen LogP contribution < -0.4 is 0 Å². The molecule has 5 heteroatoms. The third kappa shape index (κ3) is 3.12. The molecule has 1 aromatic carbocycles. The van der Waals surface area contributed by atoms with E-state index in [0.717, 1.165) is 5.33 Å². The molecular weight excluding hydrogens is 313 g/mol. The van der Waals surface area contributed by atoms with Crippen LogP contribution in [0.25, 0.3) is 0 Å². The van der Waals surface area contributed by atoms with E-state index in [4.69, 9.17) is 23.2 Å². The first kappa shape index (κ1) is 13.8. The van der Waals surface area contributed by atoms with Crippen molar-refractivity contribution in [1.82, 2.24) is 4.90 Å². The molecule has 0 aliphatic rings. The Balaban J connectivity index is 2.99. The Morgan fingerprint density at radius 1 is 1.44 bits per heavy atom. The van der Waals surface area contributed by atoms with Crippen LogP contribution in [0.2, 0.25) is 10.0 Å². The molecule has 0 bridgehead atoms. The largest absolute Gasteiger partial charge is 0.338 e. The van der Waals surface area contributed by atoms with Crippen molar-refractivity contribution in [2.75, 3.05) is 18.4 Å². The average Bonchev–Trinajstić information content (AvgIpc) is 2.29. The number of halogens is 3. The summed E-state index contributed by atoms with van der Waals surface area (Å²) < 4.78 is 0. The van der Waals surface area contributed by atoms with E-state index in [1.165, 1.54) is 0 Å². The first-order valence-corrected chi connectivity index (χ1v) is 6.78. The number of carbonyl (C=O) groups excluding carboxylic acids is 1. The summed E-state index contributed by atoms with van der Waals surface area (Å²) in [5.74, 6) is -0.0885. The molecule has 0 heterocycles. The SMILES string of the molecule is CCN(CCBr)C(=O)c1cccc(Cl)c1Cl. The fourth-order valence-corrected chi connectivity index (χ4v) is 2.15. The molecule has 1 rings (SSSR count). The zero-order chi connectivity index (χ0) is 12.1. The van der Waals surface area contributed by atoms with Crippen molar-refractivity contribution in [3.05, 3.63) is 33.8 Å². The van der Waals surface area contributed by atoms with Gasteiger partial charge in [-0.3, -0.25) is 4.79 Å². The van der Waals surface area contributed by atoms with Gasteiger partial charge >= 0.3 is 0 Å². The Bertz CT molecular complexity index is 384. The standard InChI is InChI=1S/C11H12BrCl2NO/c1-2-15(7-6-12)11(16)8-4-3-5-9(13)10(8)14/h3-5H,2,6-7H2,1H3. The Hall–Kier alpha value is -0.250. The molecule has 0 unspecified atom stereocenters. The van der Waals surface area contributed by atoms with Gasteiger partial charge in [0.15, 0.2) is 0 Å². The van der Waals surface area contributed by atoms with Crippen molar-refractivity contribution in [3.63, 3.8) is 0 Å². The van der Waals surface area contributed by atoms with Gasteiger partial charge in [-0.15, -0.1) is 0 Å². The number of hydrogen-bond donors (Lipinski definition) is 0. The summed E-state index contributed by atoms with van der Waals surface area (Å²) in [6.45, 7) is 3.23. The van der Waals surface area contributed by atoms with E-state index in [0.29, 0.717) is 28.7 Å². The molecule has 0 aliphatic heterocycles. The molecule has 1 amide bonds. The van der Waals surface area contributed by atoms with Crippen molar-refractivity contribution < 1.29 is 4.79 Å². The van der Waals surface area contributed by atoms with E-state index in [2.05, 4.69) is 15.9 Å². The Labute approximate surface area is 114 Å². The van der Waals surface area contributed by atoms with Gasteiger partial charge in [-0.1, -0.05) is 45.2 Å². The lowest BCUT2D eigenvalue weighted by atomic mass is 10.2. The molecule has 0 spiro atoms. The van der Waals surface area contributed by atoms with Crippen molar-refractivity contribution in [3.8, 4) is 0 Å². The number of nitrogens with zero attached hydrogens (tertiary/aromatic N) is 1. The topological polar surface area (TPSA) is 20.3 Å². The molecule has 16 heavy (non-hydrogen) atoms. The maximum atomic E-state index is 12.1. The summed E-state index contributed by atoms with van der Waals surface area (Å²) in [6, 6.07) is 5.08. The van der Waals surface area contributed by atoms with Crippen molar-refractivity contribution in [1.29, 1.82) is 0 Å². The van der Waals surface area contributed by atoms with E-state index in [1.807, 2.05) is 6.92 Å². The molecule has 88 valence electrons. The van der Waals surface area contributed by atoms with Crippen molar-refractivity contribution >= 4 is 45.0 Å². The van der Waals surface area contributed by atoms with Crippen molar-refractivity contribution in [2.45, 2.75) is 6.92 Å². The number of rotatable bonds is 4. The molecule has 0 saturated heterocycles. The summed E-state index contributed by atoms with van der Waals surface area (Å²) >= 11 is 15.2. The molecule has 1 aromatic rings. The van der Waals surface area contributed by atoms with Gasteiger partial charge in [0.2, 0.25) is 0 Å². The van der Waals surface area contributed by atoms with Crippen molar-refractivity contribution in [2.24, 2.45) is 0 Å². The predicted octanol–water partition coefficient (Wildman–Crippen LogP) is 3.85.